The molecule has 8 heteroatoms. The van der Waals surface area contributed by atoms with Gasteiger partial charge in [0.25, 0.3) is 0 Å². The predicted molar refractivity (Wildman–Crippen MR) is 117 cm³/mol. The van der Waals surface area contributed by atoms with E-state index >= 15 is 0 Å². The highest BCUT2D eigenvalue weighted by Crippen LogP contribution is 2.36. The van der Waals surface area contributed by atoms with Crippen LogP contribution in [0.5, 0.6) is 0 Å². The summed E-state index contributed by atoms with van der Waals surface area (Å²) < 4.78 is 28.3. The standard InChI is InChI=1S/C21H31N3O3S2/c1-17(25)24-10-5-15-28-21-9-8-19(16-20(21)24)29(26,27)23-13-11-22(12-14-23)18-6-3-2-4-7-18/h8-9,16,18H,2-7,10-15H2,1H3. The highest BCUT2D eigenvalue weighted by atomic mass is 32.2. The first kappa shape index (κ1) is 21.2. The molecule has 0 atom stereocenters. The number of hydrogen-bond donors (Lipinski definition) is 0. The van der Waals surface area contributed by atoms with Crippen LogP contribution in [-0.2, 0) is 14.8 Å². The first-order valence-electron chi connectivity index (χ1n) is 10.8. The number of fused-ring (bicyclic) bond motifs is 1. The molecule has 2 heterocycles. The Kier molecular flexibility index (Phi) is 6.53. The zero-order chi connectivity index (χ0) is 20.4. The number of carbonyl (C=O) groups excluding carboxylic acids is 1. The molecule has 0 spiro atoms. The van der Waals surface area contributed by atoms with E-state index in [4.69, 9.17) is 0 Å². The Hall–Kier alpha value is -1.09. The van der Waals surface area contributed by atoms with Crippen LogP contribution in [0.15, 0.2) is 28.0 Å². The summed E-state index contributed by atoms with van der Waals surface area (Å²) in [5, 5.41) is 0. The van der Waals surface area contributed by atoms with E-state index in [1.165, 1.54) is 32.1 Å². The second-order valence-corrected chi connectivity index (χ2v) is 11.3. The Bertz CT molecular complexity index is 845. The molecular formula is C21H31N3O3S2. The van der Waals surface area contributed by atoms with Crippen molar-refractivity contribution in [2.24, 2.45) is 0 Å². The molecule has 1 saturated heterocycles. The molecule has 3 aliphatic rings. The van der Waals surface area contributed by atoms with Crippen LogP contribution in [0, 0.1) is 0 Å². The topological polar surface area (TPSA) is 60.9 Å². The van der Waals surface area contributed by atoms with Crippen molar-refractivity contribution in [2.45, 2.75) is 61.3 Å². The van der Waals surface area contributed by atoms with Crippen molar-refractivity contribution in [3.63, 3.8) is 0 Å². The highest BCUT2D eigenvalue weighted by Gasteiger charge is 2.32. The number of anilines is 1. The molecule has 0 unspecified atom stereocenters. The van der Waals surface area contributed by atoms with E-state index in [1.54, 1.807) is 40.0 Å². The number of amides is 1. The molecule has 1 saturated carbocycles. The second-order valence-electron chi connectivity index (χ2n) is 8.23. The van der Waals surface area contributed by atoms with E-state index in [-0.39, 0.29) is 5.91 Å². The number of carbonyl (C=O) groups is 1. The van der Waals surface area contributed by atoms with E-state index in [2.05, 4.69) is 4.90 Å². The molecular weight excluding hydrogens is 406 g/mol. The van der Waals surface area contributed by atoms with Crippen molar-refractivity contribution in [3.8, 4) is 0 Å². The Morgan fingerprint density at radius 2 is 1.72 bits per heavy atom. The highest BCUT2D eigenvalue weighted by molar-refractivity contribution is 7.99. The predicted octanol–water partition coefficient (Wildman–Crippen LogP) is 3.17. The third-order valence-corrected chi connectivity index (χ3v) is 9.43. The van der Waals surface area contributed by atoms with Crippen molar-refractivity contribution in [3.05, 3.63) is 18.2 Å². The van der Waals surface area contributed by atoms with Gasteiger partial charge in [0.15, 0.2) is 0 Å². The number of rotatable bonds is 3. The summed E-state index contributed by atoms with van der Waals surface area (Å²) in [6.07, 6.45) is 7.32. The van der Waals surface area contributed by atoms with Gasteiger partial charge in [0, 0.05) is 50.6 Å². The fourth-order valence-corrected chi connectivity index (χ4v) is 7.16. The molecule has 1 aromatic carbocycles. The normalized spacial score (nSPS) is 22.9. The summed E-state index contributed by atoms with van der Waals surface area (Å²) in [6.45, 7) is 4.89. The van der Waals surface area contributed by atoms with Crippen LogP contribution >= 0.6 is 11.8 Å². The third kappa shape index (κ3) is 4.50. The number of benzene rings is 1. The average molecular weight is 438 g/mol. The maximum absolute atomic E-state index is 13.3. The number of nitrogens with zero attached hydrogens (tertiary/aromatic N) is 3. The molecule has 1 amide bonds. The maximum atomic E-state index is 13.3. The van der Waals surface area contributed by atoms with Gasteiger partial charge in [-0.05, 0) is 43.2 Å². The van der Waals surface area contributed by atoms with Crippen molar-refractivity contribution < 1.29 is 13.2 Å². The van der Waals surface area contributed by atoms with Gasteiger partial charge in [0.2, 0.25) is 15.9 Å². The van der Waals surface area contributed by atoms with Crippen LogP contribution in [0.2, 0.25) is 0 Å². The largest absolute Gasteiger partial charge is 0.311 e. The van der Waals surface area contributed by atoms with Gasteiger partial charge in [-0.1, -0.05) is 19.3 Å². The van der Waals surface area contributed by atoms with Crippen LogP contribution in [0.25, 0.3) is 0 Å². The van der Waals surface area contributed by atoms with Crippen LogP contribution in [0.4, 0.5) is 5.69 Å². The Morgan fingerprint density at radius 3 is 2.41 bits per heavy atom. The molecule has 1 aromatic rings. The van der Waals surface area contributed by atoms with E-state index in [9.17, 15) is 13.2 Å². The van der Waals surface area contributed by atoms with E-state index in [1.807, 2.05) is 6.07 Å². The molecule has 1 aliphatic carbocycles. The number of sulfonamides is 1. The number of piperazine rings is 1. The molecule has 2 aliphatic heterocycles. The fourth-order valence-electron chi connectivity index (χ4n) is 4.75. The lowest BCUT2D eigenvalue weighted by Crippen LogP contribution is -2.52. The molecule has 0 aromatic heterocycles. The summed E-state index contributed by atoms with van der Waals surface area (Å²) in [4.78, 5) is 17.6. The van der Waals surface area contributed by atoms with E-state index in [0.29, 0.717) is 30.6 Å². The first-order valence-corrected chi connectivity index (χ1v) is 13.2. The van der Waals surface area contributed by atoms with Gasteiger partial charge in [-0.15, -0.1) is 11.8 Å². The van der Waals surface area contributed by atoms with Crippen molar-refractivity contribution in [1.29, 1.82) is 0 Å². The minimum atomic E-state index is -3.55. The number of hydrogen-bond acceptors (Lipinski definition) is 5. The summed E-state index contributed by atoms with van der Waals surface area (Å²) in [6, 6.07) is 5.91. The lowest BCUT2D eigenvalue weighted by Gasteiger charge is -2.40. The van der Waals surface area contributed by atoms with Gasteiger partial charge in [0.1, 0.15) is 0 Å². The second kappa shape index (κ2) is 8.96. The smallest absolute Gasteiger partial charge is 0.243 e. The zero-order valence-corrected chi connectivity index (χ0v) is 18.8. The first-order chi connectivity index (χ1) is 14.0. The van der Waals surface area contributed by atoms with Gasteiger partial charge in [-0.3, -0.25) is 9.69 Å². The molecule has 6 nitrogen and oxygen atoms in total. The van der Waals surface area contributed by atoms with E-state index in [0.717, 1.165) is 35.8 Å². The van der Waals surface area contributed by atoms with Gasteiger partial charge < -0.3 is 4.90 Å². The van der Waals surface area contributed by atoms with Gasteiger partial charge in [-0.25, -0.2) is 8.42 Å². The minimum Gasteiger partial charge on any atom is -0.311 e. The Morgan fingerprint density at radius 1 is 1.00 bits per heavy atom. The van der Waals surface area contributed by atoms with Crippen molar-refractivity contribution in [2.75, 3.05) is 43.4 Å². The van der Waals surface area contributed by atoms with Crippen molar-refractivity contribution in [1.82, 2.24) is 9.21 Å². The minimum absolute atomic E-state index is 0.0376. The lowest BCUT2D eigenvalue weighted by molar-refractivity contribution is -0.116. The van der Waals surface area contributed by atoms with E-state index < -0.39 is 10.0 Å². The quantitative estimate of drug-likeness (QED) is 0.727. The van der Waals surface area contributed by atoms with Crippen LogP contribution in [0.3, 0.4) is 0 Å². The van der Waals surface area contributed by atoms with Gasteiger partial charge in [0.05, 0.1) is 10.6 Å². The number of thioether (sulfide) groups is 1. The van der Waals surface area contributed by atoms with Crippen molar-refractivity contribution >= 4 is 33.4 Å². The molecule has 0 radical (unpaired) electrons. The zero-order valence-electron chi connectivity index (χ0n) is 17.2. The Labute approximate surface area is 178 Å². The third-order valence-electron chi connectivity index (χ3n) is 6.39. The van der Waals surface area contributed by atoms with Gasteiger partial charge in [-0.2, -0.15) is 4.31 Å². The molecule has 0 N–H and O–H groups in total. The van der Waals surface area contributed by atoms with Crippen LogP contribution in [-0.4, -0.2) is 68.0 Å². The average Bonchev–Trinajstić information content (AvgIpc) is 2.96. The summed E-state index contributed by atoms with van der Waals surface area (Å²) in [5.74, 6) is 0.899. The maximum Gasteiger partial charge on any atom is 0.243 e. The SMILES string of the molecule is CC(=O)N1CCCSc2ccc(S(=O)(=O)N3CCN(C4CCCCC4)CC3)cc21. The molecule has 29 heavy (non-hydrogen) atoms. The Balaban J connectivity index is 1.51. The molecule has 4 rings (SSSR count). The van der Waals surface area contributed by atoms with Crippen LogP contribution in [0.1, 0.15) is 45.4 Å². The fraction of sp³-hybridized carbons (Fsp3) is 0.667. The molecule has 2 fully saturated rings. The molecule has 160 valence electrons. The van der Waals surface area contributed by atoms with Gasteiger partial charge >= 0.3 is 0 Å². The monoisotopic (exact) mass is 437 g/mol. The molecule has 0 bridgehead atoms. The summed E-state index contributed by atoms with van der Waals surface area (Å²) in [7, 11) is -3.55. The van der Waals surface area contributed by atoms with Crippen LogP contribution < -0.4 is 4.90 Å². The summed E-state index contributed by atoms with van der Waals surface area (Å²) >= 11 is 1.69. The summed E-state index contributed by atoms with van der Waals surface area (Å²) in [5.41, 5.74) is 0.738. The lowest BCUT2D eigenvalue weighted by atomic mass is 9.94.